The lowest BCUT2D eigenvalue weighted by Crippen LogP contribution is -2.68. The summed E-state index contributed by atoms with van der Waals surface area (Å²) in [5, 5.41) is 12.6. The molecular formula is C26H32O4Si. The summed E-state index contributed by atoms with van der Waals surface area (Å²) in [4.78, 5) is 12.9. The number of rotatable bonds is 5. The van der Waals surface area contributed by atoms with Crippen LogP contribution in [0, 0.1) is 17.8 Å². The lowest BCUT2D eigenvalue weighted by molar-refractivity contribution is -0.179. The van der Waals surface area contributed by atoms with Crippen LogP contribution < -0.4 is 10.4 Å². The van der Waals surface area contributed by atoms with Crippen molar-refractivity contribution in [3.8, 4) is 12.3 Å². The number of aliphatic hydroxyl groups excluding tert-OH is 1. The highest BCUT2D eigenvalue weighted by atomic mass is 28.4. The van der Waals surface area contributed by atoms with E-state index in [1.54, 1.807) is 13.8 Å². The van der Waals surface area contributed by atoms with Crippen LogP contribution in [0.25, 0.3) is 0 Å². The Morgan fingerprint density at radius 1 is 1.06 bits per heavy atom. The van der Waals surface area contributed by atoms with Crippen molar-refractivity contribution in [3.63, 3.8) is 0 Å². The minimum atomic E-state index is -2.82. The molecule has 0 aliphatic carbocycles. The number of hydrogen-bond donors (Lipinski definition) is 1. The molecule has 5 heteroatoms. The first kappa shape index (κ1) is 23.4. The molecule has 2 aromatic carbocycles. The molecule has 31 heavy (non-hydrogen) atoms. The zero-order chi connectivity index (χ0) is 22.9. The first-order valence-electron chi connectivity index (χ1n) is 10.6. The Kier molecular flexibility index (Phi) is 6.59. The Labute approximate surface area is 186 Å². The molecule has 0 bridgehead atoms. The second kappa shape index (κ2) is 8.72. The molecule has 1 fully saturated rings. The van der Waals surface area contributed by atoms with Crippen molar-refractivity contribution in [2.75, 3.05) is 6.61 Å². The minimum Gasteiger partial charge on any atom is -0.404 e. The molecule has 0 amide bonds. The highest BCUT2D eigenvalue weighted by Crippen LogP contribution is 2.38. The molecule has 1 heterocycles. The van der Waals surface area contributed by atoms with Crippen molar-refractivity contribution < 1.29 is 19.1 Å². The highest BCUT2D eigenvalue weighted by Gasteiger charge is 2.53. The molecule has 1 aliphatic rings. The smallest absolute Gasteiger partial charge is 0.261 e. The van der Waals surface area contributed by atoms with Crippen LogP contribution in [-0.4, -0.2) is 44.1 Å². The van der Waals surface area contributed by atoms with E-state index in [9.17, 15) is 9.90 Å². The molecule has 4 nitrogen and oxygen atoms in total. The van der Waals surface area contributed by atoms with Crippen molar-refractivity contribution in [1.82, 2.24) is 0 Å². The van der Waals surface area contributed by atoms with E-state index in [-0.39, 0.29) is 17.4 Å². The van der Waals surface area contributed by atoms with Crippen molar-refractivity contribution in [3.05, 3.63) is 60.7 Å². The van der Waals surface area contributed by atoms with Crippen LogP contribution in [-0.2, 0) is 14.0 Å². The zero-order valence-electron chi connectivity index (χ0n) is 19.0. The second-order valence-corrected chi connectivity index (χ2v) is 14.1. The standard InChI is InChI=1S/C26H32O4Si/c1-7-22-26(5,6)24(28)23(27)21(30-22)18-29-31(25(2,3)4,19-14-10-8-11-15-19)20-16-12-9-13-17-20/h1,8-17,21-22,24,28H,18H2,2-6H3/t21-,22-,24-/m1/s1. The Morgan fingerprint density at radius 2 is 1.55 bits per heavy atom. The van der Waals surface area contributed by atoms with Gasteiger partial charge in [0.15, 0.2) is 5.78 Å². The van der Waals surface area contributed by atoms with Gasteiger partial charge in [-0.2, -0.15) is 0 Å². The average Bonchev–Trinajstić information content (AvgIpc) is 2.74. The largest absolute Gasteiger partial charge is 0.404 e. The van der Waals surface area contributed by atoms with E-state index >= 15 is 0 Å². The van der Waals surface area contributed by atoms with E-state index in [4.69, 9.17) is 15.6 Å². The van der Waals surface area contributed by atoms with Gasteiger partial charge >= 0.3 is 0 Å². The maximum absolute atomic E-state index is 12.9. The molecule has 3 rings (SSSR count). The normalized spacial score (nSPS) is 23.9. The van der Waals surface area contributed by atoms with Gasteiger partial charge < -0.3 is 14.3 Å². The lowest BCUT2D eigenvalue weighted by atomic mass is 9.76. The molecule has 0 radical (unpaired) electrons. The van der Waals surface area contributed by atoms with Gasteiger partial charge in [0, 0.05) is 5.41 Å². The van der Waals surface area contributed by atoms with E-state index in [1.807, 2.05) is 36.4 Å². The molecule has 1 saturated heterocycles. The van der Waals surface area contributed by atoms with E-state index in [2.05, 4.69) is 51.0 Å². The lowest BCUT2D eigenvalue weighted by Gasteiger charge is -2.46. The number of hydrogen-bond acceptors (Lipinski definition) is 4. The fourth-order valence-corrected chi connectivity index (χ4v) is 8.99. The van der Waals surface area contributed by atoms with Crippen LogP contribution in [0.1, 0.15) is 34.6 Å². The molecule has 2 aromatic rings. The number of terminal acetylenes is 1. The molecule has 0 unspecified atom stereocenters. The number of benzene rings is 2. The average molecular weight is 437 g/mol. The third-order valence-corrected chi connectivity index (χ3v) is 11.3. The quantitative estimate of drug-likeness (QED) is 0.578. The predicted molar refractivity (Wildman–Crippen MR) is 126 cm³/mol. The maximum atomic E-state index is 12.9. The first-order chi connectivity index (χ1) is 14.6. The van der Waals surface area contributed by atoms with Crippen LogP contribution in [0.5, 0.6) is 0 Å². The molecule has 1 N–H and O–H groups in total. The third-order valence-electron chi connectivity index (χ3n) is 6.29. The predicted octanol–water partition coefficient (Wildman–Crippen LogP) is 2.92. The minimum absolute atomic E-state index is 0.0391. The van der Waals surface area contributed by atoms with Gasteiger partial charge in [-0.05, 0) is 15.4 Å². The zero-order valence-corrected chi connectivity index (χ0v) is 20.0. The summed E-state index contributed by atoms with van der Waals surface area (Å²) in [5.74, 6) is 2.21. The second-order valence-electron chi connectivity index (χ2n) is 9.77. The summed E-state index contributed by atoms with van der Waals surface area (Å²) in [6.07, 6.45) is 2.87. The fourth-order valence-electron chi connectivity index (χ4n) is 4.43. The van der Waals surface area contributed by atoms with E-state index in [0.717, 1.165) is 10.4 Å². The summed E-state index contributed by atoms with van der Waals surface area (Å²) in [6.45, 7) is 10.1. The van der Waals surface area contributed by atoms with Gasteiger partial charge in [-0.3, -0.25) is 4.79 Å². The van der Waals surface area contributed by atoms with Crippen LogP contribution >= 0.6 is 0 Å². The Hall–Kier alpha value is -2.23. The van der Waals surface area contributed by atoms with Crippen molar-refractivity contribution >= 4 is 24.5 Å². The van der Waals surface area contributed by atoms with Gasteiger partial charge in [0.2, 0.25) is 0 Å². The Morgan fingerprint density at radius 3 is 1.97 bits per heavy atom. The molecule has 0 aromatic heterocycles. The van der Waals surface area contributed by atoms with E-state index < -0.39 is 32.0 Å². The molecule has 1 aliphatic heterocycles. The number of aliphatic hydroxyl groups is 1. The summed E-state index contributed by atoms with van der Waals surface area (Å²) < 4.78 is 12.8. The third kappa shape index (κ3) is 4.14. The fraction of sp³-hybridized carbons (Fsp3) is 0.423. The Bertz CT molecular complexity index is 901. The molecule has 164 valence electrons. The van der Waals surface area contributed by atoms with Gasteiger partial charge in [0.1, 0.15) is 18.3 Å². The van der Waals surface area contributed by atoms with Gasteiger partial charge in [0.25, 0.3) is 8.32 Å². The van der Waals surface area contributed by atoms with Crippen LogP contribution in [0.4, 0.5) is 0 Å². The van der Waals surface area contributed by atoms with E-state index in [1.165, 1.54) is 0 Å². The maximum Gasteiger partial charge on any atom is 0.261 e. The van der Waals surface area contributed by atoms with Gasteiger partial charge in [-0.25, -0.2) is 0 Å². The van der Waals surface area contributed by atoms with Crippen LogP contribution in [0.3, 0.4) is 0 Å². The number of ether oxygens (including phenoxy) is 1. The highest BCUT2D eigenvalue weighted by molar-refractivity contribution is 6.99. The van der Waals surface area contributed by atoms with Crippen molar-refractivity contribution in [2.24, 2.45) is 5.41 Å². The first-order valence-corrected chi connectivity index (χ1v) is 12.5. The van der Waals surface area contributed by atoms with Crippen LogP contribution in [0.15, 0.2) is 60.7 Å². The van der Waals surface area contributed by atoms with Gasteiger partial charge in [0.05, 0.1) is 6.61 Å². The molecule has 3 atom stereocenters. The molecular weight excluding hydrogens is 404 g/mol. The molecule has 0 saturated carbocycles. The monoisotopic (exact) mass is 436 g/mol. The van der Waals surface area contributed by atoms with Crippen LogP contribution in [0.2, 0.25) is 5.04 Å². The Balaban J connectivity index is 2.03. The van der Waals surface area contributed by atoms with Crippen molar-refractivity contribution in [2.45, 2.75) is 58.0 Å². The SMILES string of the molecule is C#C[C@H]1O[C@H](CO[Si](c2ccccc2)(c2ccccc2)C(C)(C)C)C(=O)[C@@H](O)C1(C)C. The topological polar surface area (TPSA) is 55.8 Å². The summed E-state index contributed by atoms with van der Waals surface area (Å²) in [5.41, 5.74) is -0.847. The number of Topliss-reactive ketones (excluding diaryl/α,β-unsaturated/α-hetero) is 1. The van der Waals surface area contributed by atoms with Crippen molar-refractivity contribution in [1.29, 1.82) is 0 Å². The van der Waals surface area contributed by atoms with Gasteiger partial charge in [-0.15, -0.1) is 6.42 Å². The number of carbonyl (C=O) groups is 1. The van der Waals surface area contributed by atoms with Gasteiger partial charge in [-0.1, -0.05) is 101 Å². The number of ketones is 1. The number of carbonyl (C=O) groups excluding carboxylic acids is 1. The summed E-state index contributed by atoms with van der Waals surface area (Å²) in [7, 11) is -2.82. The summed E-state index contributed by atoms with van der Waals surface area (Å²) >= 11 is 0. The summed E-state index contributed by atoms with van der Waals surface area (Å²) in [6, 6.07) is 20.4. The van der Waals surface area contributed by atoms with E-state index in [0.29, 0.717) is 0 Å². The molecule has 0 spiro atoms.